The topological polar surface area (TPSA) is 36.4 Å². The summed E-state index contributed by atoms with van der Waals surface area (Å²) in [5, 5.41) is 0. The van der Waals surface area contributed by atoms with Crippen molar-refractivity contribution in [2.24, 2.45) is 0 Å². The summed E-state index contributed by atoms with van der Waals surface area (Å²) in [6.45, 7) is 8.94. The Morgan fingerprint density at radius 3 is 1.49 bits per heavy atom. The van der Waals surface area contributed by atoms with Crippen molar-refractivity contribution < 1.29 is 4.79 Å². The van der Waals surface area contributed by atoms with Crippen molar-refractivity contribution in [1.29, 1.82) is 0 Å². The van der Waals surface area contributed by atoms with Crippen LogP contribution in [-0.2, 0) is 6.42 Å². The fourth-order valence-electron chi connectivity index (χ4n) is 7.99. The maximum absolute atomic E-state index is 9.69. The van der Waals surface area contributed by atoms with Crippen molar-refractivity contribution in [3.8, 4) is 0 Å². The number of unbranched alkanes of at least 4 members (excludes halogenated alkanes) is 26. The monoisotopic (exact) mass is 749 g/mol. The lowest BCUT2D eigenvalue weighted by Crippen LogP contribution is -2.00. The third-order valence-corrected chi connectivity index (χ3v) is 11.4. The van der Waals surface area contributed by atoms with Gasteiger partial charge in [-0.1, -0.05) is 248 Å². The van der Waals surface area contributed by atoms with Crippen molar-refractivity contribution in [2.45, 2.75) is 227 Å². The second-order valence-electron chi connectivity index (χ2n) is 16.6. The summed E-state index contributed by atoms with van der Waals surface area (Å²) in [6, 6.07) is 18.1. The average molecular weight is 749 g/mol. The second kappa shape index (κ2) is 34.3. The Hall–Kier alpha value is -2.92. The molecule has 2 aromatic carbocycles. The number of nitrogens with zero attached hydrogens (tertiary/aromatic N) is 2. The lowest BCUT2D eigenvalue weighted by Gasteiger charge is -2.16. The predicted octanol–water partition coefficient (Wildman–Crippen LogP) is 17.5. The molecule has 0 aliphatic carbocycles. The first-order valence-electron chi connectivity index (χ1n) is 23.7. The van der Waals surface area contributed by atoms with Crippen LogP contribution in [0, 0.1) is 6.92 Å². The normalized spacial score (nSPS) is 11.9. The molecule has 0 saturated carbocycles. The van der Waals surface area contributed by atoms with Crippen LogP contribution in [0.1, 0.15) is 236 Å². The van der Waals surface area contributed by atoms with Crippen molar-refractivity contribution in [2.75, 3.05) is 0 Å². The molecule has 0 atom stereocenters. The van der Waals surface area contributed by atoms with Gasteiger partial charge in [-0.15, -0.1) is 4.79 Å². The molecule has 0 aliphatic rings. The minimum atomic E-state index is 0.837. The molecule has 0 N–H and O–H groups in total. The molecule has 0 fully saturated rings. The molecule has 0 spiro atoms. The minimum absolute atomic E-state index is 0.837. The van der Waals surface area contributed by atoms with E-state index < -0.39 is 0 Å². The molecule has 306 valence electrons. The molecule has 0 amide bonds. The summed E-state index contributed by atoms with van der Waals surface area (Å²) in [7, 11) is 0. The third kappa shape index (κ3) is 23.7. The van der Waals surface area contributed by atoms with E-state index in [0.29, 0.717) is 0 Å². The molecule has 2 heteroatoms. The zero-order chi connectivity index (χ0) is 39.4. The van der Waals surface area contributed by atoms with Gasteiger partial charge in [-0.25, -0.2) is 0 Å². The number of rotatable bonds is 35. The lowest BCUT2D eigenvalue weighted by atomic mass is 9.86. The Kier molecular flexibility index (Phi) is 30.1. The van der Waals surface area contributed by atoms with Gasteiger partial charge in [0.25, 0.3) is 0 Å². The maximum atomic E-state index is 9.69. The van der Waals surface area contributed by atoms with Gasteiger partial charge >= 0.3 is 5.87 Å². The van der Waals surface area contributed by atoms with E-state index in [1.54, 1.807) is 0 Å². The van der Waals surface area contributed by atoms with Crippen LogP contribution in [0.25, 0.3) is 11.1 Å². The number of hydrogen-bond donors (Lipinski definition) is 0. The van der Waals surface area contributed by atoms with Gasteiger partial charge in [0, 0.05) is 5.57 Å². The summed E-state index contributed by atoms with van der Waals surface area (Å²) >= 11 is 0. The van der Waals surface area contributed by atoms with Gasteiger partial charge < -0.3 is 5.53 Å². The van der Waals surface area contributed by atoms with E-state index >= 15 is 0 Å². The molecule has 0 bridgehead atoms. The van der Waals surface area contributed by atoms with E-state index in [1.165, 1.54) is 195 Å². The molecule has 2 rings (SSSR count). The molecule has 0 unspecified atom stereocenters. The van der Waals surface area contributed by atoms with Gasteiger partial charge in [-0.2, -0.15) is 0 Å². The molecule has 55 heavy (non-hydrogen) atoms. The quantitative estimate of drug-likeness (QED) is 0.0221. The first kappa shape index (κ1) is 48.2. The molecule has 0 aromatic heterocycles. The standard InChI is InChI=1S/C53H84N2/c1-5-8-11-13-14-15-16-17-18-19-20-21-22-23-24-25-26-27-28-29-30-32-33-38-48-39-36-42-50(45-48)53(49-41-35-37-47(4)44-49)52(43-34-31-12-9-6-2)51(46-55-54)40-10-7-3/h34-37,39,41-45H,5-33,38,40H2,1-4H3. The molecule has 2 nitrogen and oxygen atoms in total. The summed E-state index contributed by atoms with van der Waals surface area (Å²) in [5.74, 6) is 3.00. The Morgan fingerprint density at radius 1 is 0.545 bits per heavy atom. The molecule has 2 aromatic rings. The SMILES string of the molecule is CCCCCC=CC(C(=C=[N+]=[N-])CCCC)=C(c1cccc(C)c1)c1cccc(CCCCCCCCCCCCCCCCCCCCCCCCC)c1. The van der Waals surface area contributed by atoms with Crippen molar-refractivity contribution >= 4 is 11.4 Å². The van der Waals surface area contributed by atoms with Crippen LogP contribution < -0.4 is 0 Å². The van der Waals surface area contributed by atoms with Crippen LogP contribution in [0.5, 0.6) is 0 Å². The van der Waals surface area contributed by atoms with E-state index in [4.69, 9.17) is 0 Å². The van der Waals surface area contributed by atoms with Crippen LogP contribution in [-0.4, -0.2) is 10.7 Å². The zero-order valence-electron chi connectivity index (χ0n) is 36.6. The summed E-state index contributed by atoms with van der Waals surface area (Å²) in [5.41, 5.74) is 18.1. The van der Waals surface area contributed by atoms with Crippen LogP contribution in [0.4, 0.5) is 0 Å². The van der Waals surface area contributed by atoms with E-state index in [2.05, 4.69) is 99.0 Å². The van der Waals surface area contributed by atoms with Gasteiger partial charge in [0.05, 0.1) is 5.57 Å². The van der Waals surface area contributed by atoms with Gasteiger partial charge in [0.2, 0.25) is 0 Å². The smallest absolute Gasteiger partial charge is 0.303 e. The van der Waals surface area contributed by atoms with Crippen LogP contribution in [0.3, 0.4) is 0 Å². The fraction of sp³-hybridized carbons (Fsp3) is 0.660. The summed E-state index contributed by atoms with van der Waals surface area (Å²) in [4.78, 5) is 3.44. The minimum Gasteiger partial charge on any atom is -0.348 e. The lowest BCUT2D eigenvalue weighted by molar-refractivity contribution is 0.00742. The van der Waals surface area contributed by atoms with Gasteiger partial charge in [-0.05, 0) is 67.7 Å². The second-order valence-corrected chi connectivity index (χ2v) is 16.6. The van der Waals surface area contributed by atoms with E-state index in [0.717, 1.165) is 43.3 Å². The van der Waals surface area contributed by atoms with Gasteiger partial charge in [0.1, 0.15) is 0 Å². The maximum Gasteiger partial charge on any atom is 0.303 e. The molecule has 0 heterocycles. The van der Waals surface area contributed by atoms with Crippen LogP contribution in [0.15, 0.2) is 71.8 Å². The van der Waals surface area contributed by atoms with Crippen molar-refractivity contribution in [1.82, 2.24) is 0 Å². The highest BCUT2D eigenvalue weighted by Crippen LogP contribution is 2.34. The van der Waals surface area contributed by atoms with E-state index in [9.17, 15) is 5.53 Å². The van der Waals surface area contributed by atoms with Crippen molar-refractivity contribution in [3.63, 3.8) is 0 Å². The Bertz CT molecular complexity index is 1380. The van der Waals surface area contributed by atoms with Gasteiger partial charge in [-0.3, -0.25) is 0 Å². The highest BCUT2D eigenvalue weighted by molar-refractivity contribution is 5.89. The Balaban J connectivity index is 1.78. The average Bonchev–Trinajstić information content (AvgIpc) is 3.19. The molecule has 0 aliphatic heterocycles. The fourth-order valence-corrected chi connectivity index (χ4v) is 7.99. The summed E-state index contributed by atoms with van der Waals surface area (Å²) < 4.78 is 0. The van der Waals surface area contributed by atoms with Crippen LogP contribution >= 0.6 is 0 Å². The number of aryl methyl sites for hydroxylation is 2. The third-order valence-electron chi connectivity index (χ3n) is 11.4. The number of hydrogen-bond acceptors (Lipinski definition) is 0. The first-order chi connectivity index (χ1) is 27.1. The largest absolute Gasteiger partial charge is 0.348 e. The first-order valence-corrected chi connectivity index (χ1v) is 23.7. The van der Waals surface area contributed by atoms with Crippen LogP contribution in [0.2, 0.25) is 0 Å². The molecule has 0 radical (unpaired) electrons. The Labute approximate surface area is 341 Å². The molecular formula is C53H84N2. The highest BCUT2D eigenvalue weighted by Gasteiger charge is 2.17. The molecule has 0 saturated heterocycles. The molecular weight excluding hydrogens is 665 g/mol. The van der Waals surface area contributed by atoms with Crippen molar-refractivity contribution in [3.05, 3.63) is 99.6 Å². The predicted molar refractivity (Wildman–Crippen MR) is 244 cm³/mol. The highest BCUT2D eigenvalue weighted by atomic mass is 14.8. The number of allylic oxidation sites excluding steroid dienone is 4. The van der Waals surface area contributed by atoms with E-state index in [-0.39, 0.29) is 0 Å². The summed E-state index contributed by atoms with van der Waals surface area (Å²) in [6.07, 6.45) is 46.1. The van der Waals surface area contributed by atoms with Gasteiger partial charge in [0.15, 0.2) is 0 Å². The number of benzene rings is 2. The Morgan fingerprint density at radius 2 is 1.00 bits per heavy atom. The van der Waals surface area contributed by atoms with E-state index in [1.807, 2.05) is 0 Å². The zero-order valence-corrected chi connectivity index (χ0v) is 36.6.